The van der Waals surface area contributed by atoms with Crippen molar-refractivity contribution in [2.24, 2.45) is 29.6 Å². The van der Waals surface area contributed by atoms with E-state index in [-0.39, 0.29) is 46.9 Å². The molecule has 0 radical (unpaired) electrons. The first-order valence-corrected chi connectivity index (χ1v) is 11.5. The Balaban J connectivity index is 2.00. The summed E-state index contributed by atoms with van der Waals surface area (Å²) >= 11 is 6.59. The van der Waals surface area contributed by atoms with Crippen molar-refractivity contribution in [3.05, 3.63) is 0 Å². The van der Waals surface area contributed by atoms with Gasteiger partial charge in [-0.2, -0.15) is 0 Å². The summed E-state index contributed by atoms with van der Waals surface area (Å²) in [6, 6.07) is 0.545. The van der Waals surface area contributed by atoms with E-state index in [0.717, 1.165) is 25.9 Å². The van der Waals surface area contributed by atoms with E-state index in [4.69, 9.17) is 11.6 Å². The van der Waals surface area contributed by atoms with Crippen LogP contribution < -0.4 is 10.6 Å². The molecule has 0 bridgehead atoms. The highest BCUT2D eigenvalue weighted by atomic mass is 35.5. The number of alkyl halides is 1. The van der Waals surface area contributed by atoms with E-state index in [1.807, 2.05) is 6.92 Å². The third kappa shape index (κ3) is 5.85. The van der Waals surface area contributed by atoms with Crippen LogP contribution in [0, 0.1) is 29.6 Å². The third-order valence-corrected chi connectivity index (χ3v) is 7.05. The maximum Gasteiger partial charge on any atom is 0.225 e. The van der Waals surface area contributed by atoms with Crippen molar-refractivity contribution >= 4 is 23.4 Å². The molecule has 5 nitrogen and oxygen atoms in total. The van der Waals surface area contributed by atoms with Crippen LogP contribution in [-0.4, -0.2) is 53.8 Å². The molecular weight excluding hydrogens is 374 g/mol. The highest BCUT2D eigenvalue weighted by Gasteiger charge is 2.41. The fraction of sp³-hybridized carbons (Fsp3) is 0.909. The number of amides is 2. The SMILES string of the molecule is CCN(CC(C)C)C1CC(Cl)CC(C(=O)NCC2C(=O)NC(C)CC2C)C1C. The molecule has 2 amide bonds. The molecule has 1 heterocycles. The van der Waals surface area contributed by atoms with E-state index in [1.54, 1.807) is 0 Å². The Hall–Kier alpha value is -0.810. The van der Waals surface area contributed by atoms with Crippen molar-refractivity contribution in [3.8, 4) is 0 Å². The predicted molar refractivity (Wildman–Crippen MR) is 115 cm³/mol. The molecule has 0 aromatic carbocycles. The van der Waals surface area contributed by atoms with Gasteiger partial charge in [-0.3, -0.25) is 9.59 Å². The van der Waals surface area contributed by atoms with Crippen LogP contribution in [0.25, 0.3) is 0 Å². The molecule has 2 fully saturated rings. The van der Waals surface area contributed by atoms with Crippen LogP contribution in [0.4, 0.5) is 0 Å². The van der Waals surface area contributed by atoms with Gasteiger partial charge in [0, 0.05) is 36.5 Å². The van der Waals surface area contributed by atoms with Gasteiger partial charge >= 0.3 is 0 Å². The molecular formula is C22H40ClN3O2. The molecule has 2 aliphatic rings. The van der Waals surface area contributed by atoms with Crippen LogP contribution in [0.1, 0.15) is 60.8 Å². The Labute approximate surface area is 176 Å². The van der Waals surface area contributed by atoms with E-state index in [1.165, 1.54) is 0 Å². The van der Waals surface area contributed by atoms with Gasteiger partial charge in [0.15, 0.2) is 0 Å². The summed E-state index contributed by atoms with van der Waals surface area (Å²) in [4.78, 5) is 27.8. The summed E-state index contributed by atoms with van der Waals surface area (Å²) in [6.07, 6.45) is 2.61. The Morgan fingerprint density at radius 3 is 2.50 bits per heavy atom. The van der Waals surface area contributed by atoms with Crippen LogP contribution in [-0.2, 0) is 9.59 Å². The fourth-order valence-electron chi connectivity index (χ4n) is 5.15. The lowest BCUT2D eigenvalue weighted by molar-refractivity contribution is -0.132. The molecule has 1 saturated heterocycles. The number of nitrogens with zero attached hydrogens (tertiary/aromatic N) is 1. The highest BCUT2D eigenvalue weighted by Crippen LogP contribution is 2.36. The molecule has 1 aliphatic carbocycles. The average molecular weight is 414 g/mol. The number of rotatable bonds is 7. The van der Waals surface area contributed by atoms with Crippen molar-refractivity contribution < 1.29 is 9.59 Å². The highest BCUT2D eigenvalue weighted by molar-refractivity contribution is 6.20. The minimum Gasteiger partial charge on any atom is -0.355 e. The lowest BCUT2D eigenvalue weighted by atomic mass is 9.75. The molecule has 28 heavy (non-hydrogen) atoms. The second-order valence-corrected chi connectivity index (χ2v) is 10.2. The van der Waals surface area contributed by atoms with Gasteiger partial charge in [-0.1, -0.05) is 34.6 Å². The summed E-state index contributed by atoms with van der Waals surface area (Å²) < 4.78 is 0. The van der Waals surface area contributed by atoms with Gasteiger partial charge in [-0.15, -0.1) is 11.6 Å². The Morgan fingerprint density at radius 2 is 1.93 bits per heavy atom. The second-order valence-electron chi connectivity index (χ2n) is 9.56. The molecule has 7 atom stereocenters. The predicted octanol–water partition coefficient (Wildman–Crippen LogP) is 3.26. The number of hydrogen-bond donors (Lipinski definition) is 2. The zero-order valence-electron chi connectivity index (χ0n) is 18.5. The van der Waals surface area contributed by atoms with E-state index in [9.17, 15) is 9.59 Å². The number of carbonyl (C=O) groups is 2. The average Bonchev–Trinajstić information content (AvgIpc) is 2.60. The second kappa shape index (κ2) is 10.3. The summed E-state index contributed by atoms with van der Waals surface area (Å²) in [6.45, 7) is 15.4. The van der Waals surface area contributed by atoms with Crippen molar-refractivity contribution in [1.82, 2.24) is 15.5 Å². The van der Waals surface area contributed by atoms with Crippen LogP contribution in [0.15, 0.2) is 0 Å². The summed E-state index contributed by atoms with van der Waals surface area (Å²) in [5.41, 5.74) is 0. The zero-order valence-corrected chi connectivity index (χ0v) is 19.3. The topological polar surface area (TPSA) is 61.4 Å². The van der Waals surface area contributed by atoms with Crippen molar-refractivity contribution in [2.45, 2.75) is 78.3 Å². The molecule has 162 valence electrons. The largest absolute Gasteiger partial charge is 0.355 e. The van der Waals surface area contributed by atoms with E-state index < -0.39 is 0 Å². The maximum atomic E-state index is 13.0. The molecule has 6 heteroatoms. The van der Waals surface area contributed by atoms with Crippen molar-refractivity contribution in [1.29, 1.82) is 0 Å². The van der Waals surface area contributed by atoms with Crippen LogP contribution in [0.5, 0.6) is 0 Å². The molecule has 1 saturated carbocycles. The molecule has 1 aliphatic heterocycles. The van der Waals surface area contributed by atoms with E-state index >= 15 is 0 Å². The smallest absolute Gasteiger partial charge is 0.225 e. The number of carbonyl (C=O) groups excluding carboxylic acids is 2. The van der Waals surface area contributed by atoms with Gasteiger partial charge in [0.25, 0.3) is 0 Å². The van der Waals surface area contributed by atoms with Crippen LogP contribution >= 0.6 is 11.6 Å². The van der Waals surface area contributed by atoms with Gasteiger partial charge in [-0.05, 0) is 50.5 Å². The van der Waals surface area contributed by atoms with Gasteiger partial charge in [-0.25, -0.2) is 0 Å². The first kappa shape index (κ1) is 23.5. The third-order valence-electron chi connectivity index (χ3n) is 6.69. The molecule has 2 rings (SSSR count). The van der Waals surface area contributed by atoms with Gasteiger partial charge < -0.3 is 15.5 Å². The minimum absolute atomic E-state index is 0.0240. The summed E-state index contributed by atoms with van der Waals surface area (Å²) in [5, 5.41) is 6.12. The van der Waals surface area contributed by atoms with Crippen LogP contribution in [0.3, 0.4) is 0 Å². The van der Waals surface area contributed by atoms with Crippen molar-refractivity contribution in [2.75, 3.05) is 19.6 Å². The Kier molecular flexibility index (Phi) is 8.62. The van der Waals surface area contributed by atoms with Gasteiger partial charge in [0.05, 0.1) is 5.92 Å². The number of piperidine rings is 1. The lowest BCUT2D eigenvalue weighted by Crippen LogP contribution is -2.54. The molecule has 2 N–H and O–H groups in total. The van der Waals surface area contributed by atoms with E-state index in [0.29, 0.717) is 24.9 Å². The normalized spacial score (nSPS) is 36.5. The standard InChI is InChI=1S/C22H40ClN3O2/c1-7-26(12-13(2)3)20-10-17(23)9-18(16(20)6)21(27)24-11-19-14(4)8-15(5)25-22(19)28/h13-20H,7-12H2,1-6H3,(H,24,27)(H,25,28). The van der Waals surface area contributed by atoms with Crippen molar-refractivity contribution in [3.63, 3.8) is 0 Å². The quantitative estimate of drug-likeness (QED) is 0.629. The van der Waals surface area contributed by atoms with Gasteiger partial charge in [0.1, 0.15) is 0 Å². The van der Waals surface area contributed by atoms with Crippen LogP contribution in [0.2, 0.25) is 0 Å². The maximum absolute atomic E-state index is 13.0. The summed E-state index contributed by atoms with van der Waals surface area (Å²) in [5.74, 6) is 1.00. The van der Waals surface area contributed by atoms with Gasteiger partial charge in [0.2, 0.25) is 11.8 Å². The Bertz CT molecular complexity index is 542. The van der Waals surface area contributed by atoms with E-state index in [2.05, 4.69) is 50.2 Å². The minimum atomic E-state index is -0.144. The molecule has 7 unspecified atom stereocenters. The lowest BCUT2D eigenvalue weighted by Gasteiger charge is -2.44. The molecule has 0 aromatic rings. The Morgan fingerprint density at radius 1 is 1.25 bits per heavy atom. The zero-order chi connectivity index (χ0) is 21.0. The fourth-order valence-corrected chi connectivity index (χ4v) is 5.53. The molecule has 0 spiro atoms. The first-order valence-electron chi connectivity index (χ1n) is 11.1. The summed E-state index contributed by atoms with van der Waals surface area (Å²) in [7, 11) is 0. The molecule has 0 aromatic heterocycles. The number of hydrogen-bond acceptors (Lipinski definition) is 3. The monoisotopic (exact) mass is 413 g/mol. The number of halogens is 1. The number of nitrogens with one attached hydrogen (secondary N) is 2. The first-order chi connectivity index (χ1) is 13.1.